The quantitative estimate of drug-likeness (QED) is 0.0292. The van der Waals surface area contributed by atoms with Crippen LogP contribution in [0.25, 0.3) is 10.4 Å². The summed E-state index contributed by atoms with van der Waals surface area (Å²) in [5.74, 6) is 0. The van der Waals surface area contributed by atoms with Crippen LogP contribution in [0.15, 0.2) is 217 Å². The highest BCUT2D eigenvalue weighted by Crippen LogP contribution is 2.37. The minimum atomic E-state index is -1.27. The fourth-order valence-corrected chi connectivity index (χ4v) is 9.10. The zero-order valence-corrected chi connectivity index (χ0v) is 41.3. The molecular weight excluding hydrogens is 935 g/mol. The Balaban J connectivity index is 1.10. The summed E-state index contributed by atoms with van der Waals surface area (Å²) in [6, 6.07) is 68.2. The van der Waals surface area contributed by atoms with E-state index in [-0.39, 0.29) is 46.2 Å². The van der Waals surface area contributed by atoms with Crippen LogP contribution >= 0.6 is 0 Å². The predicted molar refractivity (Wildman–Crippen MR) is 279 cm³/mol. The van der Waals surface area contributed by atoms with Crippen molar-refractivity contribution in [1.29, 1.82) is 0 Å². The molecule has 13 nitrogen and oxygen atoms in total. The fraction of sp³-hybridized carbons (Fsp3) is 0.311. The first-order chi connectivity index (χ1) is 36.7. The Kier molecular flexibility index (Phi) is 19.9. The Bertz CT molecular complexity index is 2690. The molecule has 74 heavy (non-hydrogen) atoms. The van der Waals surface area contributed by atoms with Crippen molar-refractivity contribution in [3.05, 3.63) is 262 Å². The van der Waals surface area contributed by atoms with Gasteiger partial charge in [0.25, 0.3) is 0 Å². The van der Waals surface area contributed by atoms with Gasteiger partial charge in [0.1, 0.15) is 48.8 Å². The largest absolute Gasteiger partial charge is 0.374 e. The SMILES string of the molecule is [N-]=[N+]=N[C@H]1[C@@H](O[C@H]2[C@H](OCc3ccccc3)O[C@H](COCc3ccccc3)[C@@H](OCc3ccccc3)[C@@H]2OCc2ccccc2)O[C@H](COCc2ccccc2)[C@H](OCc2ccccc2)[C@@H]1OCc1ccccc1. The number of benzene rings is 7. The first-order valence-corrected chi connectivity index (χ1v) is 25.2. The molecule has 9 rings (SSSR count). The second-order valence-electron chi connectivity index (χ2n) is 18.2. The summed E-state index contributed by atoms with van der Waals surface area (Å²) in [4.78, 5) is 3.39. The van der Waals surface area contributed by atoms with Crippen LogP contribution in [-0.2, 0) is 93.6 Å². The standard InChI is InChI=1S/C61H63N3O10/c62-64-63-54-57(69-40-49-30-16-5-17-31-49)55(67-38-47-26-12-3-13-27-47)52(43-65-36-45-22-8-1-9-23-45)72-60(54)74-59-58(70-41-50-32-18-6-19-33-50)56(68-39-48-28-14-4-15-29-48)53(44-66-37-46-24-10-2-11-25-46)73-61(59)71-42-51-34-20-7-21-35-51/h1-35,52-61H,36-44H2/t52-,53-,54-,55+,56-,57-,58+,59-,60-,61-/m1/s1. The van der Waals surface area contributed by atoms with Crippen LogP contribution in [0.3, 0.4) is 0 Å². The minimum Gasteiger partial charge on any atom is -0.374 e. The zero-order valence-electron chi connectivity index (χ0n) is 41.3. The van der Waals surface area contributed by atoms with Gasteiger partial charge in [0.15, 0.2) is 12.6 Å². The molecular formula is C61H63N3O10. The van der Waals surface area contributed by atoms with Crippen LogP contribution in [0.5, 0.6) is 0 Å². The van der Waals surface area contributed by atoms with Gasteiger partial charge >= 0.3 is 0 Å². The third kappa shape index (κ3) is 15.3. The molecule has 7 aromatic rings. The summed E-state index contributed by atoms with van der Waals surface area (Å²) in [7, 11) is 0. The monoisotopic (exact) mass is 997 g/mol. The first-order valence-electron chi connectivity index (χ1n) is 25.2. The maximum Gasteiger partial charge on any atom is 0.187 e. The van der Waals surface area contributed by atoms with Crippen LogP contribution < -0.4 is 0 Å². The normalized spacial score (nSPS) is 23.7. The lowest BCUT2D eigenvalue weighted by molar-refractivity contribution is -0.368. The average Bonchev–Trinajstić information content (AvgIpc) is 3.46. The summed E-state index contributed by atoms with van der Waals surface area (Å²) < 4.78 is 68.8. The van der Waals surface area contributed by atoms with Crippen molar-refractivity contribution in [2.45, 2.75) is 108 Å². The highest BCUT2D eigenvalue weighted by molar-refractivity contribution is 5.19. The zero-order chi connectivity index (χ0) is 50.4. The molecule has 0 unspecified atom stereocenters. The summed E-state index contributed by atoms with van der Waals surface area (Å²) in [5.41, 5.74) is 17.1. The van der Waals surface area contributed by atoms with E-state index in [0.29, 0.717) is 13.2 Å². The predicted octanol–water partition coefficient (Wildman–Crippen LogP) is 11.5. The second kappa shape index (κ2) is 28.2. The molecule has 0 amide bonds. The molecule has 382 valence electrons. The lowest BCUT2D eigenvalue weighted by Crippen LogP contribution is -2.65. The lowest BCUT2D eigenvalue weighted by Gasteiger charge is -2.49. The summed E-state index contributed by atoms with van der Waals surface area (Å²) in [6.45, 7) is 1.85. The van der Waals surface area contributed by atoms with Crippen LogP contribution in [0.2, 0.25) is 0 Å². The Labute approximate surface area is 433 Å². The number of ether oxygens (including phenoxy) is 10. The molecule has 2 fully saturated rings. The number of hydrogen-bond acceptors (Lipinski definition) is 11. The smallest absolute Gasteiger partial charge is 0.187 e. The van der Waals surface area contributed by atoms with Crippen molar-refractivity contribution in [3.8, 4) is 0 Å². The van der Waals surface area contributed by atoms with E-state index in [2.05, 4.69) is 10.0 Å². The Morgan fingerprint density at radius 1 is 0.338 bits per heavy atom. The Morgan fingerprint density at radius 3 is 1.00 bits per heavy atom. The van der Waals surface area contributed by atoms with Gasteiger partial charge in [-0.15, -0.1) is 0 Å². The van der Waals surface area contributed by atoms with E-state index in [1.54, 1.807) is 0 Å². The van der Waals surface area contributed by atoms with Gasteiger partial charge in [-0.2, -0.15) is 0 Å². The van der Waals surface area contributed by atoms with Crippen LogP contribution in [0.1, 0.15) is 38.9 Å². The molecule has 0 aliphatic carbocycles. The average molecular weight is 998 g/mol. The molecule has 0 radical (unpaired) electrons. The van der Waals surface area contributed by atoms with Crippen molar-refractivity contribution in [3.63, 3.8) is 0 Å². The highest BCUT2D eigenvalue weighted by Gasteiger charge is 2.54. The summed E-state index contributed by atoms with van der Waals surface area (Å²) in [6.07, 6.45) is -8.27. The highest BCUT2D eigenvalue weighted by atomic mass is 16.8. The minimum absolute atomic E-state index is 0.0784. The van der Waals surface area contributed by atoms with Gasteiger partial charge < -0.3 is 47.4 Å². The van der Waals surface area contributed by atoms with E-state index in [0.717, 1.165) is 38.9 Å². The van der Waals surface area contributed by atoms with Crippen molar-refractivity contribution in [2.24, 2.45) is 5.11 Å². The molecule has 10 atom stereocenters. The van der Waals surface area contributed by atoms with Gasteiger partial charge in [0, 0.05) is 4.91 Å². The lowest BCUT2D eigenvalue weighted by atomic mass is 9.95. The molecule has 13 heteroatoms. The van der Waals surface area contributed by atoms with Gasteiger partial charge in [0.05, 0.1) is 59.5 Å². The molecule has 2 saturated heterocycles. The van der Waals surface area contributed by atoms with E-state index in [1.807, 2.05) is 212 Å². The van der Waals surface area contributed by atoms with Crippen molar-refractivity contribution in [2.75, 3.05) is 13.2 Å². The van der Waals surface area contributed by atoms with Gasteiger partial charge in [-0.05, 0) is 44.5 Å². The second-order valence-corrected chi connectivity index (χ2v) is 18.2. The molecule has 2 heterocycles. The van der Waals surface area contributed by atoms with E-state index in [1.165, 1.54) is 0 Å². The van der Waals surface area contributed by atoms with Crippen LogP contribution in [-0.4, -0.2) is 74.6 Å². The fourth-order valence-electron chi connectivity index (χ4n) is 9.10. The molecule has 0 spiro atoms. The van der Waals surface area contributed by atoms with Gasteiger partial charge in [-0.25, -0.2) is 0 Å². The molecule has 2 aliphatic heterocycles. The number of nitrogens with zero attached hydrogens (tertiary/aromatic N) is 3. The summed E-state index contributed by atoms with van der Waals surface area (Å²) >= 11 is 0. The molecule has 7 aromatic carbocycles. The number of rotatable bonds is 26. The number of hydrogen-bond donors (Lipinski definition) is 0. The molecule has 0 bridgehead atoms. The van der Waals surface area contributed by atoms with Crippen molar-refractivity contribution >= 4 is 0 Å². The third-order valence-corrected chi connectivity index (χ3v) is 12.9. The number of azide groups is 1. The van der Waals surface area contributed by atoms with Gasteiger partial charge in [-0.3, -0.25) is 0 Å². The van der Waals surface area contributed by atoms with E-state index in [9.17, 15) is 5.53 Å². The van der Waals surface area contributed by atoms with Gasteiger partial charge in [0.2, 0.25) is 0 Å². The van der Waals surface area contributed by atoms with Crippen molar-refractivity contribution < 1.29 is 47.4 Å². The van der Waals surface area contributed by atoms with Crippen LogP contribution in [0.4, 0.5) is 0 Å². The summed E-state index contributed by atoms with van der Waals surface area (Å²) in [5, 5.41) is 4.42. The Hall–Kier alpha value is -6.55. The molecule has 2 aliphatic rings. The maximum absolute atomic E-state index is 10.4. The molecule has 0 saturated carbocycles. The third-order valence-electron chi connectivity index (χ3n) is 12.9. The first kappa shape index (κ1) is 52.3. The topological polar surface area (TPSA) is 141 Å². The molecule has 0 aromatic heterocycles. The molecule has 0 N–H and O–H groups in total. The van der Waals surface area contributed by atoms with E-state index in [4.69, 9.17) is 47.4 Å². The van der Waals surface area contributed by atoms with E-state index >= 15 is 0 Å². The van der Waals surface area contributed by atoms with Crippen LogP contribution in [0, 0.1) is 0 Å². The van der Waals surface area contributed by atoms with Gasteiger partial charge in [-0.1, -0.05) is 217 Å². The van der Waals surface area contributed by atoms with Crippen molar-refractivity contribution in [1.82, 2.24) is 0 Å². The Morgan fingerprint density at radius 2 is 0.635 bits per heavy atom. The van der Waals surface area contributed by atoms with E-state index < -0.39 is 61.3 Å². The maximum atomic E-state index is 10.4.